The Kier molecular flexibility index (Phi) is 2.84. The maximum atomic E-state index is 10.9. The number of hydrogen-bond donors (Lipinski definition) is 0. The smallest absolute Gasteiger partial charge is 0.437 e. The molecule has 1 rings (SSSR count). The normalized spacial score (nSPS) is 10.0. The molecule has 6 nitrogen and oxygen atoms in total. The zero-order chi connectivity index (χ0) is 9.84. The quantitative estimate of drug-likeness (QED) is 0.606. The van der Waals surface area contributed by atoms with Gasteiger partial charge in [0, 0.05) is 6.92 Å². The van der Waals surface area contributed by atoms with Gasteiger partial charge in [-0.3, -0.25) is 4.79 Å². The summed E-state index contributed by atoms with van der Waals surface area (Å²) in [6.07, 6.45) is 0. The van der Waals surface area contributed by atoms with E-state index in [4.69, 9.17) is 0 Å². The van der Waals surface area contributed by atoms with Crippen molar-refractivity contribution in [3.8, 4) is 0 Å². The van der Waals surface area contributed by atoms with E-state index in [2.05, 4.69) is 14.3 Å². The van der Waals surface area contributed by atoms with Crippen LogP contribution in [0, 0.1) is 6.92 Å². The van der Waals surface area contributed by atoms with Gasteiger partial charge in [0.15, 0.2) is 0 Å². The molecule has 0 aliphatic carbocycles. The fourth-order valence-corrected chi connectivity index (χ4v) is 0.839. The second-order valence-corrected chi connectivity index (χ2v) is 2.35. The predicted molar refractivity (Wildman–Crippen MR) is 42.1 cm³/mol. The Balaban J connectivity index is 2.69. The third kappa shape index (κ3) is 2.43. The monoisotopic (exact) mass is 186 g/mol. The molecule has 0 N–H and O–H groups in total. The van der Waals surface area contributed by atoms with Crippen molar-refractivity contribution < 1.29 is 13.9 Å². The highest BCUT2D eigenvalue weighted by atomic mass is 16.5. The Morgan fingerprint density at radius 2 is 2.38 bits per heavy atom. The third-order valence-corrected chi connectivity index (χ3v) is 1.29. The Morgan fingerprint density at radius 1 is 1.69 bits per heavy atom. The lowest BCUT2D eigenvalue weighted by Gasteiger charge is -1.98. The lowest BCUT2D eigenvalue weighted by molar-refractivity contribution is -0.144. The van der Waals surface area contributed by atoms with E-state index in [9.17, 15) is 9.59 Å². The van der Waals surface area contributed by atoms with E-state index in [1.165, 1.54) is 6.92 Å². The van der Waals surface area contributed by atoms with Crippen LogP contribution in [-0.4, -0.2) is 22.4 Å². The van der Waals surface area contributed by atoms with Crippen LogP contribution in [0.1, 0.15) is 12.8 Å². The minimum Gasteiger partial charge on any atom is -0.465 e. The number of nitrogens with zero attached hydrogens (tertiary/aromatic N) is 2. The van der Waals surface area contributed by atoms with Crippen molar-refractivity contribution in [2.45, 2.75) is 20.4 Å². The lowest BCUT2D eigenvalue weighted by atomic mass is 10.6. The average Bonchev–Trinajstić information content (AvgIpc) is 2.30. The molecule has 1 aromatic rings. The predicted octanol–water partition coefficient (Wildman–Crippen LogP) is -0.292. The maximum Gasteiger partial charge on any atom is 0.437 e. The minimum absolute atomic E-state index is 0.204. The maximum absolute atomic E-state index is 10.9. The largest absolute Gasteiger partial charge is 0.465 e. The second-order valence-electron chi connectivity index (χ2n) is 2.35. The van der Waals surface area contributed by atoms with E-state index in [1.54, 1.807) is 6.92 Å². The van der Waals surface area contributed by atoms with Crippen LogP contribution in [0.2, 0.25) is 0 Å². The summed E-state index contributed by atoms with van der Waals surface area (Å²) in [7, 11) is 0. The SMILES string of the molecule is CCOC(=O)Cn1nc(C)oc1=O. The summed E-state index contributed by atoms with van der Waals surface area (Å²) in [5.74, 6) is -0.919. The van der Waals surface area contributed by atoms with Gasteiger partial charge in [0.1, 0.15) is 6.54 Å². The molecule has 72 valence electrons. The molecule has 6 heteroatoms. The van der Waals surface area contributed by atoms with Crippen molar-refractivity contribution in [2.75, 3.05) is 6.61 Å². The van der Waals surface area contributed by atoms with Crippen LogP contribution >= 0.6 is 0 Å². The topological polar surface area (TPSA) is 74.3 Å². The Labute approximate surface area is 74.1 Å². The first-order chi connectivity index (χ1) is 6.13. The van der Waals surface area contributed by atoms with Crippen LogP contribution in [0.5, 0.6) is 0 Å². The van der Waals surface area contributed by atoms with Gasteiger partial charge in [-0.1, -0.05) is 0 Å². The number of aryl methyl sites for hydroxylation is 1. The van der Waals surface area contributed by atoms with Crippen LogP contribution in [0.4, 0.5) is 0 Å². The molecule has 0 saturated heterocycles. The summed E-state index contributed by atoms with van der Waals surface area (Å²) >= 11 is 0. The van der Waals surface area contributed by atoms with Crippen LogP contribution in [-0.2, 0) is 16.1 Å². The first-order valence-corrected chi connectivity index (χ1v) is 3.83. The van der Waals surface area contributed by atoms with Gasteiger partial charge in [0.05, 0.1) is 6.61 Å². The second kappa shape index (κ2) is 3.88. The van der Waals surface area contributed by atoms with Gasteiger partial charge in [-0.15, -0.1) is 5.10 Å². The van der Waals surface area contributed by atoms with E-state index in [-0.39, 0.29) is 19.0 Å². The van der Waals surface area contributed by atoms with Gasteiger partial charge in [-0.25, -0.2) is 4.79 Å². The Morgan fingerprint density at radius 3 is 2.85 bits per heavy atom. The molecule has 0 amide bonds. The molecule has 0 spiro atoms. The Bertz CT molecular complexity index is 352. The molecule has 0 aliphatic rings. The van der Waals surface area contributed by atoms with E-state index < -0.39 is 11.7 Å². The van der Waals surface area contributed by atoms with Gasteiger partial charge >= 0.3 is 11.7 Å². The van der Waals surface area contributed by atoms with Crippen LogP contribution in [0.25, 0.3) is 0 Å². The lowest BCUT2D eigenvalue weighted by Crippen LogP contribution is -2.22. The fourth-order valence-electron chi connectivity index (χ4n) is 0.839. The van der Waals surface area contributed by atoms with Crippen LogP contribution in [0.3, 0.4) is 0 Å². The average molecular weight is 186 g/mol. The van der Waals surface area contributed by atoms with Gasteiger partial charge in [0.2, 0.25) is 5.89 Å². The molecule has 1 aromatic heterocycles. The van der Waals surface area contributed by atoms with Crippen molar-refractivity contribution in [1.29, 1.82) is 0 Å². The van der Waals surface area contributed by atoms with Crippen LogP contribution < -0.4 is 5.76 Å². The molecule has 0 aromatic carbocycles. The molecule has 0 atom stereocenters. The number of carbonyl (C=O) groups is 1. The number of rotatable bonds is 3. The first kappa shape index (κ1) is 9.50. The van der Waals surface area contributed by atoms with E-state index in [1.807, 2.05) is 0 Å². The summed E-state index contributed by atoms with van der Waals surface area (Å²) in [6, 6.07) is 0. The highest BCUT2D eigenvalue weighted by Gasteiger charge is 2.09. The minimum atomic E-state index is -0.648. The van der Waals surface area contributed by atoms with Gasteiger partial charge < -0.3 is 9.15 Å². The summed E-state index contributed by atoms with van der Waals surface area (Å²) < 4.78 is 10.1. The molecular formula is C7H10N2O4. The first-order valence-electron chi connectivity index (χ1n) is 3.83. The molecule has 1 heterocycles. The number of carbonyl (C=O) groups excluding carboxylic acids is 1. The van der Waals surface area contributed by atoms with Crippen molar-refractivity contribution in [3.63, 3.8) is 0 Å². The van der Waals surface area contributed by atoms with Crippen LogP contribution in [0.15, 0.2) is 9.21 Å². The van der Waals surface area contributed by atoms with E-state index in [0.29, 0.717) is 0 Å². The van der Waals surface area contributed by atoms with E-state index in [0.717, 1.165) is 4.68 Å². The number of hydrogen-bond acceptors (Lipinski definition) is 5. The molecule has 0 unspecified atom stereocenters. The summed E-state index contributed by atoms with van der Waals surface area (Å²) in [6.45, 7) is 3.30. The zero-order valence-electron chi connectivity index (χ0n) is 7.44. The van der Waals surface area contributed by atoms with Gasteiger partial charge in [0.25, 0.3) is 0 Å². The summed E-state index contributed by atoms with van der Waals surface area (Å²) in [5, 5.41) is 3.67. The highest BCUT2D eigenvalue weighted by Crippen LogP contribution is 1.87. The van der Waals surface area contributed by atoms with Gasteiger partial charge in [-0.05, 0) is 6.92 Å². The zero-order valence-corrected chi connectivity index (χ0v) is 7.44. The summed E-state index contributed by atoms with van der Waals surface area (Å²) in [4.78, 5) is 21.8. The fraction of sp³-hybridized carbons (Fsp3) is 0.571. The molecule has 13 heavy (non-hydrogen) atoms. The number of ether oxygens (including phenoxy) is 1. The molecular weight excluding hydrogens is 176 g/mol. The van der Waals surface area contributed by atoms with Crippen molar-refractivity contribution >= 4 is 5.97 Å². The highest BCUT2D eigenvalue weighted by molar-refractivity contribution is 5.68. The number of aromatic nitrogens is 2. The van der Waals surface area contributed by atoms with Crippen molar-refractivity contribution in [3.05, 3.63) is 16.4 Å². The number of esters is 1. The van der Waals surface area contributed by atoms with Crippen molar-refractivity contribution in [2.24, 2.45) is 0 Å². The molecule has 0 radical (unpaired) electrons. The van der Waals surface area contributed by atoms with Crippen molar-refractivity contribution in [1.82, 2.24) is 9.78 Å². The standard InChI is InChI=1S/C7H10N2O4/c1-3-12-6(10)4-9-7(11)13-5(2)8-9/h3-4H2,1-2H3. The Hall–Kier alpha value is -1.59. The molecule has 0 saturated carbocycles. The third-order valence-electron chi connectivity index (χ3n) is 1.29. The summed E-state index contributed by atoms with van der Waals surface area (Å²) in [5.41, 5.74) is 0. The van der Waals surface area contributed by atoms with E-state index >= 15 is 0 Å². The molecule has 0 aliphatic heterocycles. The van der Waals surface area contributed by atoms with Gasteiger partial charge in [-0.2, -0.15) is 4.68 Å². The molecule has 0 fully saturated rings. The molecule has 0 bridgehead atoms.